The Morgan fingerprint density at radius 3 is 2.41 bits per heavy atom. The maximum absolute atomic E-state index is 12.3. The van der Waals surface area contributed by atoms with Crippen LogP contribution in [0.15, 0.2) is 24.3 Å². The molecule has 1 aliphatic heterocycles. The highest BCUT2D eigenvalue weighted by molar-refractivity contribution is 5.96. The van der Waals surface area contributed by atoms with E-state index in [1.165, 1.54) is 6.42 Å². The van der Waals surface area contributed by atoms with Gasteiger partial charge in [0.15, 0.2) is 0 Å². The maximum atomic E-state index is 12.3. The van der Waals surface area contributed by atoms with Crippen molar-refractivity contribution in [2.45, 2.75) is 20.3 Å². The molecule has 0 radical (unpaired) electrons. The second-order valence-corrected chi connectivity index (χ2v) is 5.17. The average molecular weight is 233 g/mol. The number of phenols is 1. The SMILES string of the molecule is CC1CC(C)CN(C(=O)c2ccccc2O)C1. The number of hydrogen-bond donors (Lipinski definition) is 1. The van der Waals surface area contributed by atoms with Gasteiger partial charge in [0, 0.05) is 13.1 Å². The lowest BCUT2D eigenvalue weighted by molar-refractivity contribution is 0.0620. The van der Waals surface area contributed by atoms with Crippen LogP contribution in [0.5, 0.6) is 5.75 Å². The van der Waals surface area contributed by atoms with Crippen LogP contribution >= 0.6 is 0 Å². The van der Waals surface area contributed by atoms with Crippen molar-refractivity contribution in [2.24, 2.45) is 11.8 Å². The Morgan fingerprint density at radius 2 is 1.82 bits per heavy atom. The van der Waals surface area contributed by atoms with Gasteiger partial charge in [0.25, 0.3) is 5.91 Å². The molecule has 3 heteroatoms. The van der Waals surface area contributed by atoms with E-state index in [-0.39, 0.29) is 11.7 Å². The van der Waals surface area contributed by atoms with Gasteiger partial charge < -0.3 is 10.0 Å². The summed E-state index contributed by atoms with van der Waals surface area (Å²) in [4.78, 5) is 14.1. The van der Waals surface area contributed by atoms with Crippen molar-refractivity contribution >= 4 is 5.91 Å². The number of para-hydroxylation sites is 1. The molecular weight excluding hydrogens is 214 g/mol. The molecule has 1 aliphatic rings. The Hall–Kier alpha value is -1.51. The van der Waals surface area contributed by atoms with Crippen molar-refractivity contribution in [3.05, 3.63) is 29.8 Å². The topological polar surface area (TPSA) is 40.5 Å². The molecule has 1 N–H and O–H groups in total. The van der Waals surface area contributed by atoms with Gasteiger partial charge in [-0.25, -0.2) is 0 Å². The van der Waals surface area contributed by atoms with E-state index in [9.17, 15) is 9.90 Å². The van der Waals surface area contributed by atoms with Crippen molar-refractivity contribution in [3.63, 3.8) is 0 Å². The summed E-state index contributed by atoms with van der Waals surface area (Å²) >= 11 is 0. The van der Waals surface area contributed by atoms with Gasteiger partial charge >= 0.3 is 0 Å². The van der Waals surface area contributed by atoms with Crippen LogP contribution in [-0.4, -0.2) is 29.0 Å². The summed E-state index contributed by atoms with van der Waals surface area (Å²) in [5, 5.41) is 9.70. The number of amides is 1. The van der Waals surface area contributed by atoms with E-state index in [1.807, 2.05) is 4.90 Å². The molecule has 2 rings (SSSR count). The first-order valence-corrected chi connectivity index (χ1v) is 6.15. The number of hydrogen-bond acceptors (Lipinski definition) is 2. The molecule has 3 nitrogen and oxygen atoms in total. The number of likely N-dealkylation sites (tertiary alicyclic amines) is 1. The van der Waals surface area contributed by atoms with E-state index in [2.05, 4.69) is 13.8 Å². The van der Waals surface area contributed by atoms with Gasteiger partial charge in [-0.1, -0.05) is 26.0 Å². The lowest BCUT2D eigenvalue weighted by atomic mass is 9.91. The standard InChI is InChI=1S/C14H19NO2/c1-10-7-11(2)9-15(8-10)14(17)12-5-3-4-6-13(12)16/h3-6,10-11,16H,7-9H2,1-2H3. The first-order valence-electron chi connectivity index (χ1n) is 6.15. The molecule has 0 saturated carbocycles. The van der Waals surface area contributed by atoms with Crippen LogP contribution in [0.25, 0.3) is 0 Å². The minimum Gasteiger partial charge on any atom is -0.507 e. The molecule has 1 saturated heterocycles. The van der Waals surface area contributed by atoms with Crippen LogP contribution in [-0.2, 0) is 0 Å². The number of rotatable bonds is 1. The number of aromatic hydroxyl groups is 1. The first-order chi connectivity index (χ1) is 8.08. The molecule has 1 aromatic rings. The van der Waals surface area contributed by atoms with Crippen LogP contribution in [0, 0.1) is 11.8 Å². The average Bonchev–Trinajstić information content (AvgIpc) is 2.27. The Kier molecular flexibility index (Phi) is 3.36. The normalized spacial score (nSPS) is 24.7. The second-order valence-electron chi connectivity index (χ2n) is 5.17. The molecule has 1 aromatic carbocycles. The number of piperidine rings is 1. The fourth-order valence-corrected chi connectivity index (χ4v) is 2.65. The summed E-state index contributed by atoms with van der Waals surface area (Å²) in [6.07, 6.45) is 1.17. The fourth-order valence-electron chi connectivity index (χ4n) is 2.65. The number of carbonyl (C=O) groups excluding carboxylic acids is 1. The number of phenolic OH excluding ortho intramolecular Hbond substituents is 1. The highest BCUT2D eigenvalue weighted by Crippen LogP contribution is 2.25. The van der Waals surface area contributed by atoms with E-state index in [1.54, 1.807) is 24.3 Å². The second kappa shape index (κ2) is 4.78. The lowest BCUT2D eigenvalue weighted by Crippen LogP contribution is -2.42. The highest BCUT2D eigenvalue weighted by Gasteiger charge is 2.27. The van der Waals surface area contributed by atoms with Crippen molar-refractivity contribution in [1.29, 1.82) is 0 Å². The Bertz CT molecular complexity index is 406. The summed E-state index contributed by atoms with van der Waals surface area (Å²) in [6.45, 7) is 5.91. The van der Waals surface area contributed by atoms with Crippen molar-refractivity contribution in [1.82, 2.24) is 4.90 Å². The van der Waals surface area contributed by atoms with Crippen molar-refractivity contribution in [3.8, 4) is 5.75 Å². The van der Waals surface area contributed by atoms with E-state index in [0.29, 0.717) is 17.4 Å². The van der Waals surface area contributed by atoms with E-state index in [4.69, 9.17) is 0 Å². The van der Waals surface area contributed by atoms with E-state index in [0.717, 1.165) is 13.1 Å². The van der Waals surface area contributed by atoms with Gasteiger partial charge in [-0.2, -0.15) is 0 Å². The summed E-state index contributed by atoms with van der Waals surface area (Å²) in [6, 6.07) is 6.75. The molecule has 2 atom stereocenters. The monoisotopic (exact) mass is 233 g/mol. The summed E-state index contributed by atoms with van der Waals surface area (Å²) in [5.41, 5.74) is 0.411. The fraction of sp³-hybridized carbons (Fsp3) is 0.500. The van der Waals surface area contributed by atoms with Crippen LogP contribution in [0.2, 0.25) is 0 Å². The molecule has 0 spiro atoms. The Labute approximate surface area is 102 Å². The molecule has 92 valence electrons. The molecule has 0 aromatic heterocycles. The number of nitrogens with zero attached hydrogens (tertiary/aromatic N) is 1. The van der Waals surface area contributed by atoms with Crippen LogP contribution in [0.4, 0.5) is 0 Å². The lowest BCUT2D eigenvalue weighted by Gasteiger charge is -2.35. The first kappa shape index (κ1) is 12.0. The zero-order valence-electron chi connectivity index (χ0n) is 10.4. The Morgan fingerprint density at radius 1 is 1.24 bits per heavy atom. The molecule has 0 aliphatic carbocycles. The molecular formula is C14H19NO2. The maximum Gasteiger partial charge on any atom is 0.257 e. The molecule has 1 fully saturated rings. The van der Waals surface area contributed by atoms with Gasteiger partial charge in [0.1, 0.15) is 5.75 Å². The van der Waals surface area contributed by atoms with Crippen LogP contribution in [0.1, 0.15) is 30.6 Å². The van der Waals surface area contributed by atoms with Gasteiger partial charge in [-0.05, 0) is 30.4 Å². The van der Waals surface area contributed by atoms with Gasteiger partial charge in [0.05, 0.1) is 5.56 Å². The molecule has 2 unspecified atom stereocenters. The van der Waals surface area contributed by atoms with Gasteiger partial charge in [-0.3, -0.25) is 4.79 Å². The molecule has 1 amide bonds. The molecule has 17 heavy (non-hydrogen) atoms. The minimum atomic E-state index is -0.0542. The third-order valence-electron chi connectivity index (χ3n) is 3.29. The number of benzene rings is 1. The predicted octanol–water partition coefficient (Wildman–Crippen LogP) is 2.51. The summed E-state index contributed by atoms with van der Waals surface area (Å²) in [7, 11) is 0. The van der Waals surface area contributed by atoms with E-state index < -0.39 is 0 Å². The summed E-state index contributed by atoms with van der Waals surface area (Å²) < 4.78 is 0. The zero-order valence-corrected chi connectivity index (χ0v) is 10.4. The summed E-state index contributed by atoms with van der Waals surface area (Å²) in [5.74, 6) is 1.09. The predicted molar refractivity (Wildman–Crippen MR) is 67.0 cm³/mol. The highest BCUT2D eigenvalue weighted by atomic mass is 16.3. The zero-order chi connectivity index (χ0) is 12.4. The number of carbonyl (C=O) groups is 1. The minimum absolute atomic E-state index is 0.0542. The van der Waals surface area contributed by atoms with Gasteiger partial charge in [-0.15, -0.1) is 0 Å². The van der Waals surface area contributed by atoms with Crippen LogP contribution in [0.3, 0.4) is 0 Å². The van der Waals surface area contributed by atoms with Crippen molar-refractivity contribution in [2.75, 3.05) is 13.1 Å². The third-order valence-corrected chi connectivity index (χ3v) is 3.29. The van der Waals surface area contributed by atoms with Crippen LogP contribution < -0.4 is 0 Å². The quantitative estimate of drug-likeness (QED) is 0.809. The third kappa shape index (κ3) is 2.60. The molecule has 1 heterocycles. The van der Waals surface area contributed by atoms with E-state index >= 15 is 0 Å². The smallest absolute Gasteiger partial charge is 0.257 e. The van der Waals surface area contributed by atoms with Gasteiger partial charge in [0.2, 0.25) is 0 Å². The Balaban J connectivity index is 2.17. The van der Waals surface area contributed by atoms with Crippen molar-refractivity contribution < 1.29 is 9.90 Å². The largest absolute Gasteiger partial charge is 0.507 e. The molecule has 0 bridgehead atoms.